The lowest BCUT2D eigenvalue weighted by Gasteiger charge is -2.18. The summed E-state index contributed by atoms with van der Waals surface area (Å²) in [6, 6.07) is 1.89. The molecule has 7 heteroatoms. The van der Waals surface area contributed by atoms with E-state index in [1.165, 1.54) is 18.0 Å². The van der Waals surface area contributed by atoms with Crippen LogP contribution < -0.4 is 5.32 Å². The topological polar surface area (TPSA) is 72.0 Å². The Labute approximate surface area is 132 Å². The van der Waals surface area contributed by atoms with Crippen LogP contribution in [0.5, 0.6) is 0 Å². The third-order valence-corrected chi connectivity index (χ3v) is 4.75. The molecule has 0 amide bonds. The fourth-order valence-electron chi connectivity index (χ4n) is 1.48. The number of rotatable bonds is 7. The summed E-state index contributed by atoms with van der Waals surface area (Å²) in [5, 5.41) is 4.09. The average molecular weight is 332 g/mol. The molecule has 0 saturated heterocycles. The molecule has 0 aliphatic heterocycles. The quantitative estimate of drug-likeness (QED) is 0.612. The van der Waals surface area contributed by atoms with E-state index in [-0.39, 0.29) is 11.2 Å². The number of nitrogens with zero attached hydrogens (tertiary/aromatic N) is 2. The van der Waals surface area contributed by atoms with Crippen molar-refractivity contribution in [1.29, 1.82) is 0 Å². The predicted octanol–water partition coefficient (Wildman–Crippen LogP) is 2.73. The van der Waals surface area contributed by atoms with Crippen LogP contribution in [0.1, 0.15) is 39.9 Å². The van der Waals surface area contributed by atoms with Crippen LogP contribution >= 0.6 is 11.8 Å². The summed E-state index contributed by atoms with van der Waals surface area (Å²) in [6.45, 7) is 9.15. The van der Waals surface area contributed by atoms with Gasteiger partial charge in [-0.25, -0.2) is 18.4 Å². The highest BCUT2D eigenvalue weighted by Crippen LogP contribution is 2.25. The number of sulfone groups is 1. The first kappa shape index (κ1) is 18.2. The van der Waals surface area contributed by atoms with Crippen LogP contribution in [0.3, 0.4) is 0 Å². The maximum absolute atomic E-state index is 11.2. The van der Waals surface area contributed by atoms with Crippen molar-refractivity contribution < 1.29 is 8.42 Å². The summed E-state index contributed by atoms with van der Waals surface area (Å²) < 4.78 is 22.4. The highest BCUT2D eigenvalue weighted by Gasteiger charge is 2.19. The zero-order chi connectivity index (χ0) is 16.1. The molecule has 1 N–H and O–H groups in total. The van der Waals surface area contributed by atoms with Crippen LogP contribution in [0.2, 0.25) is 0 Å². The number of anilines is 1. The number of hydrogen-bond acceptors (Lipinski definition) is 6. The van der Waals surface area contributed by atoms with Crippen LogP contribution in [-0.4, -0.2) is 42.7 Å². The molecule has 0 saturated carbocycles. The molecular formula is C14H25N3O2S2. The SMILES string of the molecule is CCCNc1cc(SCCS(C)(=O)=O)nc(C(C)(C)C)n1. The Kier molecular flexibility index (Phi) is 6.46. The van der Waals surface area contributed by atoms with Crippen LogP contribution in [0, 0.1) is 0 Å². The first-order valence-corrected chi connectivity index (χ1v) is 10.1. The Morgan fingerprint density at radius 1 is 1.29 bits per heavy atom. The summed E-state index contributed by atoms with van der Waals surface area (Å²) >= 11 is 1.45. The molecule has 0 spiro atoms. The molecule has 0 atom stereocenters. The van der Waals surface area contributed by atoms with E-state index >= 15 is 0 Å². The Bertz CT molecular complexity index is 566. The third kappa shape index (κ3) is 7.13. The highest BCUT2D eigenvalue weighted by atomic mass is 32.2. The minimum absolute atomic E-state index is 0.143. The van der Waals surface area contributed by atoms with Gasteiger partial charge in [0.1, 0.15) is 26.5 Å². The molecule has 1 aromatic rings. The minimum atomic E-state index is -2.94. The van der Waals surface area contributed by atoms with Gasteiger partial charge in [-0.15, -0.1) is 11.8 Å². The van der Waals surface area contributed by atoms with Crippen molar-refractivity contribution in [3.63, 3.8) is 0 Å². The maximum Gasteiger partial charge on any atom is 0.148 e. The number of nitrogens with one attached hydrogen (secondary N) is 1. The van der Waals surface area contributed by atoms with Crippen molar-refractivity contribution in [3.8, 4) is 0 Å². The fourth-order valence-corrected chi connectivity index (χ4v) is 3.58. The highest BCUT2D eigenvalue weighted by molar-refractivity contribution is 8.00. The molecule has 1 heterocycles. The minimum Gasteiger partial charge on any atom is -0.370 e. The largest absolute Gasteiger partial charge is 0.370 e. The molecule has 0 radical (unpaired) electrons. The molecule has 21 heavy (non-hydrogen) atoms. The van der Waals surface area contributed by atoms with E-state index in [4.69, 9.17) is 0 Å². The van der Waals surface area contributed by atoms with Gasteiger partial charge in [-0.2, -0.15) is 0 Å². The molecule has 1 aromatic heterocycles. The van der Waals surface area contributed by atoms with Crippen LogP contribution in [0.4, 0.5) is 5.82 Å². The lowest BCUT2D eigenvalue weighted by atomic mass is 9.96. The fraction of sp³-hybridized carbons (Fsp3) is 0.714. The van der Waals surface area contributed by atoms with Gasteiger partial charge in [-0.1, -0.05) is 27.7 Å². The van der Waals surface area contributed by atoms with Crippen molar-refractivity contribution in [2.75, 3.05) is 29.6 Å². The lowest BCUT2D eigenvalue weighted by molar-refractivity contribution is 0.539. The monoisotopic (exact) mass is 331 g/mol. The summed E-state index contributed by atoms with van der Waals surface area (Å²) in [6.07, 6.45) is 2.27. The average Bonchev–Trinajstić information content (AvgIpc) is 2.33. The standard InChI is InChI=1S/C14H25N3O2S2/c1-6-7-15-11-10-12(20-8-9-21(5,18)19)17-13(16-11)14(2,3)4/h10H,6-9H2,1-5H3,(H,15,16,17). The van der Waals surface area contributed by atoms with E-state index in [0.29, 0.717) is 5.75 Å². The first-order valence-electron chi connectivity index (χ1n) is 7.06. The van der Waals surface area contributed by atoms with Crippen LogP contribution in [-0.2, 0) is 15.3 Å². The number of hydrogen-bond donors (Lipinski definition) is 1. The second-order valence-electron chi connectivity index (χ2n) is 6.07. The van der Waals surface area contributed by atoms with Crippen molar-refractivity contribution in [1.82, 2.24) is 9.97 Å². The second kappa shape index (κ2) is 7.45. The van der Waals surface area contributed by atoms with E-state index in [2.05, 4.69) is 43.0 Å². The van der Waals surface area contributed by atoms with Gasteiger partial charge in [0.15, 0.2) is 0 Å². The van der Waals surface area contributed by atoms with Gasteiger partial charge in [0.25, 0.3) is 0 Å². The Morgan fingerprint density at radius 3 is 2.48 bits per heavy atom. The molecule has 0 aliphatic carbocycles. The zero-order valence-electron chi connectivity index (χ0n) is 13.4. The van der Waals surface area contributed by atoms with Crippen molar-refractivity contribution in [2.45, 2.75) is 44.6 Å². The first-order chi connectivity index (χ1) is 9.62. The van der Waals surface area contributed by atoms with Gasteiger partial charge in [0.2, 0.25) is 0 Å². The van der Waals surface area contributed by atoms with Crippen LogP contribution in [0.15, 0.2) is 11.1 Å². The van der Waals surface area contributed by atoms with E-state index in [1.54, 1.807) is 0 Å². The van der Waals surface area contributed by atoms with Crippen molar-refractivity contribution in [2.24, 2.45) is 0 Å². The van der Waals surface area contributed by atoms with Gasteiger partial charge in [-0.05, 0) is 6.42 Å². The van der Waals surface area contributed by atoms with Gasteiger partial charge in [0.05, 0.1) is 5.75 Å². The van der Waals surface area contributed by atoms with Gasteiger partial charge in [-0.3, -0.25) is 0 Å². The molecule has 0 aromatic carbocycles. The normalized spacial score (nSPS) is 12.4. The Balaban J connectivity index is 2.91. The lowest BCUT2D eigenvalue weighted by Crippen LogP contribution is -2.18. The van der Waals surface area contributed by atoms with Gasteiger partial charge >= 0.3 is 0 Å². The second-order valence-corrected chi connectivity index (χ2v) is 9.45. The zero-order valence-corrected chi connectivity index (χ0v) is 15.1. The Morgan fingerprint density at radius 2 is 1.95 bits per heavy atom. The molecular weight excluding hydrogens is 306 g/mol. The van der Waals surface area contributed by atoms with Gasteiger partial charge in [0, 0.05) is 30.0 Å². The maximum atomic E-state index is 11.2. The van der Waals surface area contributed by atoms with Gasteiger partial charge < -0.3 is 5.32 Å². The molecule has 1 rings (SSSR count). The molecule has 0 fully saturated rings. The third-order valence-electron chi connectivity index (χ3n) is 2.63. The summed E-state index contributed by atoms with van der Waals surface area (Å²) in [5.74, 6) is 2.24. The smallest absolute Gasteiger partial charge is 0.148 e. The number of aromatic nitrogens is 2. The van der Waals surface area contributed by atoms with Crippen molar-refractivity contribution in [3.05, 3.63) is 11.9 Å². The van der Waals surface area contributed by atoms with E-state index in [9.17, 15) is 8.42 Å². The van der Waals surface area contributed by atoms with E-state index < -0.39 is 9.84 Å². The molecule has 120 valence electrons. The van der Waals surface area contributed by atoms with Crippen LogP contribution in [0.25, 0.3) is 0 Å². The van der Waals surface area contributed by atoms with E-state index in [1.807, 2.05) is 6.07 Å². The molecule has 5 nitrogen and oxygen atoms in total. The van der Waals surface area contributed by atoms with Crippen molar-refractivity contribution >= 4 is 27.4 Å². The number of thioether (sulfide) groups is 1. The van der Waals surface area contributed by atoms with E-state index in [0.717, 1.165) is 29.6 Å². The summed E-state index contributed by atoms with van der Waals surface area (Å²) in [7, 11) is -2.94. The summed E-state index contributed by atoms with van der Waals surface area (Å²) in [4.78, 5) is 9.09. The molecule has 0 aliphatic rings. The molecule has 0 bridgehead atoms. The Hall–Kier alpha value is -0.820. The summed E-state index contributed by atoms with van der Waals surface area (Å²) in [5.41, 5.74) is -0.143. The predicted molar refractivity (Wildman–Crippen MR) is 89.9 cm³/mol. The molecule has 0 unspecified atom stereocenters.